The van der Waals surface area contributed by atoms with Crippen molar-refractivity contribution in [2.24, 2.45) is 5.92 Å². The molecule has 17 heavy (non-hydrogen) atoms. The van der Waals surface area contributed by atoms with Crippen LogP contribution in [0.15, 0.2) is 0 Å². The van der Waals surface area contributed by atoms with Crippen molar-refractivity contribution in [3.8, 4) is 0 Å². The van der Waals surface area contributed by atoms with Crippen LogP contribution in [0.2, 0.25) is 0 Å². The molecule has 0 N–H and O–H groups in total. The van der Waals surface area contributed by atoms with E-state index in [0.717, 1.165) is 26.1 Å². The normalized spacial score (nSPS) is 21.1. The Morgan fingerprint density at radius 3 is 2.59 bits per heavy atom. The average molecular weight is 243 g/mol. The van der Waals surface area contributed by atoms with Crippen LogP contribution in [0.3, 0.4) is 0 Å². The van der Waals surface area contributed by atoms with Crippen molar-refractivity contribution in [3.05, 3.63) is 0 Å². The first-order chi connectivity index (χ1) is 7.78. The summed E-state index contributed by atoms with van der Waals surface area (Å²) in [4.78, 5) is 13.6. The van der Waals surface area contributed by atoms with Crippen molar-refractivity contribution < 1.29 is 14.3 Å². The molecule has 0 aromatic heterocycles. The molecule has 100 valence electrons. The Labute approximate surface area is 104 Å². The van der Waals surface area contributed by atoms with Crippen LogP contribution < -0.4 is 0 Å². The predicted octanol–water partition coefficient (Wildman–Crippen LogP) is 2.67. The van der Waals surface area contributed by atoms with Crippen molar-refractivity contribution in [2.75, 3.05) is 19.7 Å². The van der Waals surface area contributed by atoms with Gasteiger partial charge in [0.2, 0.25) is 0 Å². The van der Waals surface area contributed by atoms with Gasteiger partial charge in [-0.1, -0.05) is 0 Å². The van der Waals surface area contributed by atoms with E-state index in [2.05, 4.69) is 0 Å². The first-order valence-electron chi connectivity index (χ1n) is 6.37. The number of nitrogens with zero attached hydrogens (tertiary/aromatic N) is 1. The van der Waals surface area contributed by atoms with Gasteiger partial charge in [-0.2, -0.15) is 0 Å². The fourth-order valence-corrected chi connectivity index (χ4v) is 1.79. The van der Waals surface area contributed by atoms with Crippen LogP contribution in [-0.2, 0) is 9.47 Å². The largest absolute Gasteiger partial charge is 0.444 e. The number of likely N-dealkylation sites (tertiary alicyclic amines) is 1. The summed E-state index contributed by atoms with van der Waals surface area (Å²) in [6.07, 6.45) is 1.06. The highest BCUT2D eigenvalue weighted by atomic mass is 16.6. The highest BCUT2D eigenvalue weighted by Crippen LogP contribution is 2.20. The van der Waals surface area contributed by atoms with Gasteiger partial charge in [-0.15, -0.1) is 0 Å². The van der Waals surface area contributed by atoms with Crippen LogP contribution in [0.4, 0.5) is 4.79 Å². The molecule has 0 radical (unpaired) electrons. The Bertz CT molecular complexity index is 258. The Morgan fingerprint density at radius 1 is 1.41 bits per heavy atom. The van der Waals surface area contributed by atoms with Gasteiger partial charge in [0.05, 0.1) is 12.7 Å². The predicted molar refractivity (Wildman–Crippen MR) is 67.0 cm³/mol. The Hall–Kier alpha value is -0.770. The fraction of sp³-hybridized carbons (Fsp3) is 0.923. The molecule has 0 spiro atoms. The number of amides is 1. The molecule has 1 aliphatic heterocycles. The van der Waals surface area contributed by atoms with Gasteiger partial charge in [0.1, 0.15) is 5.60 Å². The Balaban J connectivity index is 2.32. The number of ether oxygens (including phenoxy) is 2. The topological polar surface area (TPSA) is 38.8 Å². The molecule has 0 aromatic rings. The highest BCUT2D eigenvalue weighted by molar-refractivity contribution is 5.68. The monoisotopic (exact) mass is 243 g/mol. The molecular formula is C13H25NO3. The van der Waals surface area contributed by atoms with Crippen molar-refractivity contribution in [1.82, 2.24) is 4.90 Å². The lowest BCUT2D eigenvalue weighted by atomic mass is 10.1. The summed E-state index contributed by atoms with van der Waals surface area (Å²) in [7, 11) is 0. The second-order valence-electron chi connectivity index (χ2n) is 5.96. The SMILES string of the molecule is CC(C)OCC1CCN(C(=O)OC(C)(C)C)C1. The van der Waals surface area contributed by atoms with Crippen LogP contribution in [0, 0.1) is 5.92 Å². The van der Waals surface area contributed by atoms with Gasteiger partial charge in [-0.25, -0.2) is 4.79 Å². The minimum atomic E-state index is -0.413. The van der Waals surface area contributed by atoms with Gasteiger partial charge in [0.25, 0.3) is 0 Å². The second-order valence-corrected chi connectivity index (χ2v) is 5.96. The Kier molecular flexibility index (Phi) is 4.80. The standard InChI is InChI=1S/C13H25NO3/c1-10(2)16-9-11-6-7-14(8-11)12(15)17-13(3,4)5/h10-11H,6-9H2,1-5H3. The number of carbonyl (C=O) groups is 1. The van der Waals surface area contributed by atoms with E-state index in [1.807, 2.05) is 34.6 Å². The lowest BCUT2D eigenvalue weighted by Crippen LogP contribution is -2.35. The van der Waals surface area contributed by atoms with Gasteiger partial charge in [0.15, 0.2) is 0 Å². The third-order valence-electron chi connectivity index (χ3n) is 2.60. The summed E-state index contributed by atoms with van der Waals surface area (Å²) in [5, 5.41) is 0. The molecule has 0 saturated carbocycles. The summed E-state index contributed by atoms with van der Waals surface area (Å²) >= 11 is 0. The molecule has 1 saturated heterocycles. The molecule has 1 aliphatic rings. The van der Waals surface area contributed by atoms with E-state index < -0.39 is 5.60 Å². The molecule has 0 aromatic carbocycles. The fourth-order valence-electron chi connectivity index (χ4n) is 1.79. The molecule has 1 amide bonds. The molecule has 1 fully saturated rings. The molecule has 1 unspecified atom stereocenters. The molecular weight excluding hydrogens is 218 g/mol. The minimum absolute atomic E-state index is 0.204. The number of hydrogen-bond acceptors (Lipinski definition) is 3. The molecule has 1 heterocycles. The maximum atomic E-state index is 11.8. The van der Waals surface area contributed by atoms with Gasteiger partial charge in [0, 0.05) is 19.0 Å². The van der Waals surface area contributed by atoms with Crippen LogP contribution in [-0.4, -0.2) is 42.4 Å². The van der Waals surface area contributed by atoms with E-state index in [0.29, 0.717) is 5.92 Å². The van der Waals surface area contributed by atoms with E-state index in [-0.39, 0.29) is 12.2 Å². The van der Waals surface area contributed by atoms with Crippen molar-refractivity contribution in [2.45, 2.75) is 52.7 Å². The quantitative estimate of drug-likeness (QED) is 0.765. The van der Waals surface area contributed by atoms with Gasteiger partial charge in [-0.05, 0) is 41.0 Å². The summed E-state index contributed by atoms with van der Waals surface area (Å²) < 4.78 is 10.9. The van der Waals surface area contributed by atoms with Gasteiger partial charge < -0.3 is 14.4 Å². The van der Waals surface area contributed by atoms with Crippen LogP contribution in [0.1, 0.15) is 41.0 Å². The molecule has 0 aliphatic carbocycles. The summed E-state index contributed by atoms with van der Waals surface area (Å²) in [6, 6.07) is 0. The molecule has 0 bridgehead atoms. The smallest absolute Gasteiger partial charge is 0.410 e. The minimum Gasteiger partial charge on any atom is -0.444 e. The Morgan fingerprint density at radius 2 is 2.06 bits per heavy atom. The summed E-state index contributed by atoms with van der Waals surface area (Å²) in [5.74, 6) is 0.449. The van der Waals surface area contributed by atoms with Crippen molar-refractivity contribution in [1.29, 1.82) is 0 Å². The zero-order valence-electron chi connectivity index (χ0n) is 11.7. The lowest BCUT2D eigenvalue weighted by Gasteiger charge is -2.24. The van der Waals surface area contributed by atoms with E-state index in [4.69, 9.17) is 9.47 Å². The average Bonchev–Trinajstić information content (AvgIpc) is 2.60. The zero-order chi connectivity index (χ0) is 13.1. The number of carbonyl (C=O) groups excluding carboxylic acids is 1. The molecule has 1 rings (SSSR count). The number of rotatable bonds is 3. The maximum absolute atomic E-state index is 11.8. The third-order valence-corrected chi connectivity index (χ3v) is 2.60. The zero-order valence-corrected chi connectivity index (χ0v) is 11.7. The van der Waals surface area contributed by atoms with E-state index in [1.165, 1.54) is 0 Å². The van der Waals surface area contributed by atoms with E-state index in [1.54, 1.807) is 4.90 Å². The van der Waals surface area contributed by atoms with Gasteiger partial charge >= 0.3 is 6.09 Å². The van der Waals surface area contributed by atoms with E-state index in [9.17, 15) is 4.79 Å². The van der Waals surface area contributed by atoms with Crippen LogP contribution >= 0.6 is 0 Å². The first kappa shape index (κ1) is 14.3. The summed E-state index contributed by atoms with van der Waals surface area (Å²) in [5.41, 5.74) is -0.413. The second kappa shape index (κ2) is 5.71. The third kappa shape index (κ3) is 5.39. The molecule has 1 atom stereocenters. The summed E-state index contributed by atoms with van der Waals surface area (Å²) in [6.45, 7) is 12.0. The highest BCUT2D eigenvalue weighted by Gasteiger charge is 2.29. The molecule has 4 nitrogen and oxygen atoms in total. The van der Waals surface area contributed by atoms with Crippen molar-refractivity contribution in [3.63, 3.8) is 0 Å². The lowest BCUT2D eigenvalue weighted by molar-refractivity contribution is 0.0253. The van der Waals surface area contributed by atoms with Crippen LogP contribution in [0.5, 0.6) is 0 Å². The van der Waals surface area contributed by atoms with Gasteiger partial charge in [-0.3, -0.25) is 0 Å². The van der Waals surface area contributed by atoms with Crippen molar-refractivity contribution >= 4 is 6.09 Å². The number of hydrogen-bond donors (Lipinski definition) is 0. The maximum Gasteiger partial charge on any atom is 0.410 e. The van der Waals surface area contributed by atoms with E-state index >= 15 is 0 Å². The molecule has 4 heteroatoms. The first-order valence-corrected chi connectivity index (χ1v) is 6.37. The van der Waals surface area contributed by atoms with Crippen LogP contribution in [0.25, 0.3) is 0 Å².